The summed E-state index contributed by atoms with van der Waals surface area (Å²) in [5, 5.41) is 0. The molecule has 0 rings (SSSR count). The Morgan fingerprint density at radius 2 is 1.20 bits per heavy atom. The van der Waals surface area contributed by atoms with E-state index in [0.29, 0.717) is 0 Å². The molecule has 0 aliphatic rings. The Kier molecular flexibility index (Phi) is 69.9. The number of rotatable bonds is 0. The van der Waals surface area contributed by atoms with E-state index in [1.54, 1.807) is 0 Å². The molecular formula is C3H7ClLi-. The van der Waals surface area contributed by atoms with Gasteiger partial charge in [0.1, 0.15) is 0 Å². The quantitative estimate of drug-likeness (QED) is 0.205. The third-order valence-corrected chi connectivity index (χ3v) is 0. The van der Waals surface area contributed by atoms with Gasteiger partial charge in [-0.05, 0) is 0 Å². The largest absolute Gasteiger partial charge is 1.00 e. The number of halogens is 1. The predicted molar refractivity (Wildman–Crippen MR) is 15.6 cm³/mol. The monoisotopic (exact) mass is 85.0 g/mol. The second-order valence-electron chi connectivity index (χ2n) is 0.577. The van der Waals surface area contributed by atoms with E-state index >= 15 is 0 Å². The molecule has 0 aromatic rings. The first-order chi connectivity index (χ1) is 1.41. The molecule has 0 radical (unpaired) electrons. The molecule has 0 amide bonds. The van der Waals surface area contributed by atoms with Crippen LogP contribution in [-0.4, -0.2) is 0 Å². The molecule has 0 atom stereocenters. The minimum atomic E-state index is 0. The Bertz CT molecular complexity index is 6.85. The maximum absolute atomic E-state index is 2.00. The molecule has 0 heterocycles. The van der Waals surface area contributed by atoms with Crippen LogP contribution in [0.2, 0.25) is 0 Å². The van der Waals surface area contributed by atoms with Crippen molar-refractivity contribution in [3.63, 3.8) is 0 Å². The van der Waals surface area contributed by atoms with Crippen molar-refractivity contribution in [1.82, 2.24) is 0 Å². The van der Waals surface area contributed by atoms with Gasteiger partial charge in [-0.3, -0.25) is 0 Å². The average Bonchev–Trinajstić information content (AvgIpc) is 0.918. The molecule has 0 unspecified atom stereocenters. The van der Waals surface area contributed by atoms with Crippen molar-refractivity contribution in [2.75, 3.05) is 0 Å². The van der Waals surface area contributed by atoms with Gasteiger partial charge in [-0.25, -0.2) is 0 Å². The minimum absolute atomic E-state index is 0. The van der Waals surface area contributed by atoms with Crippen molar-refractivity contribution in [2.45, 2.75) is 13.8 Å². The first kappa shape index (κ1) is 16.9. The van der Waals surface area contributed by atoms with Crippen molar-refractivity contribution in [3.8, 4) is 0 Å². The molecule has 0 nitrogen and oxygen atoms in total. The van der Waals surface area contributed by atoms with Gasteiger partial charge in [0.25, 0.3) is 0 Å². The summed E-state index contributed by atoms with van der Waals surface area (Å²) in [5.41, 5.74) is 0. The van der Waals surface area contributed by atoms with Gasteiger partial charge >= 0.3 is 18.9 Å². The Balaban J connectivity index is -0.0000000200. The molecule has 0 saturated heterocycles. The van der Waals surface area contributed by atoms with E-state index < -0.39 is 0 Å². The van der Waals surface area contributed by atoms with Crippen LogP contribution in [0.25, 0.3) is 0 Å². The second kappa shape index (κ2) is 20.7. The summed E-state index contributed by atoms with van der Waals surface area (Å²) in [7, 11) is 0. The van der Waals surface area contributed by atoms with Crippen molar-refractivity contribution >= 4 is 0 Å². The summed E-state index contributed by atoms with van der Waals surface area (Å²) >= 11 is 0. The minimum Gasteiger partial charge on any atom is -1.00 e. The van der Waals surface area contributed by atoms with Crippen LogP contribution >= 0.6 is 0 Å². The van der Waals surface area contributed by atoms with Crippen LogP contribution in [0.5, 0.6) is 0 Å². The van der Waals surface area contributed by atoms with E-state index in [2.05, 4.69) is 0 Å². The molecule has 2 heteroatoms. The first-order valence-corrected chi connectivity index (χ1v) is 1.15. The predicted octanol–water partition coefficient (Wildman–Crippen LogP) is -4.76. The molecule has 0 aromatic carbocycles. The van der Waals surface area contributed by atoms with Gasteiger partial charge in [0.05, 0.1) is 0 Å². The molecular weight excluding hydrogens is 78.4 g/mol. The molecule has 28 valence electrons. The summed E-state index contributed by atoms with van der Waals surface area (Å²) in [4.78, 5) is 0. The van der Waals surface area contributed by atoms with Crippen molar-refractivity contribution < 1.29 is 31.3 Å². The van der Waals surface area contributed by atoms with Gasteiger partial charge in [0.2, 0.25) is 0 Å². The van der Waals surface area contributed by atoms with Crippen LogP contribution < -0.4 is 31.3 Å². The molecule has 0 spiro atoms. The fourth-order valence-electron chi connectivity index (χ4n) is 0. The topological polar surface area (TPSA) is 0 Å². The summed E-state index contributed by atoms with van der Waals surface area (Å²) < 4.78 is 0. The van der Waals surface area contributed by atoms with Crippen molar-refractivity contribution in [3.05, 3.63) is 6.42 Å². The zero-order chi connectivity index (χ0) is 2.71. The molecule has 0 aliphatic heterocycles. The fourth-order valence-corrected chi connectivity index (χ4v) is 0. The molecule has 0 aromatic heterocycles. The number of hydrogen-bond acceptors (Lipinski definition) is 0. The van der Waals surface area contributed by atoms with E-state index in [4.69, 9.17) is 0 Å². The van der Waals surface area contributed by atoms with Gasteiger partial charge in [-0.2, -0.15) is 13.8 Å². The summed E-state index contributed by atoms with van der Waals surface area (Å²) in [5.74, 6) is 0. The number of hydrogen-bond donors (Lipinski definition) is 0. The van der Waals surface area contributed by atoms with E-state index in [9.17, 15) is 0 Å². The zero-order valence-electron chi connectivity index (χ0n) is 3.96. The van der Waals surface area contributed by atoms with Gasteiger partial charge in [0, 0.05) is 0 Å². The van der Waals surface area contributed by atoms with E-state index in [1.807, 2.05) is 20.3 Å². The van der Waals surface area contributed by atoms with Gasteiger partial charge in [0.15, 0.2) is 0 Å². The smallest absolute Gasteiger partial charge is 1.00 e. The van der Waals surface area contributed by atoms with Crippen LogP contribution in [0.15, 0.2) is 0 Å². The third-order valence-electron chi connectivity index (χ3n) is 0. The van der Waals surface area contributed by atoms with E-state index in [0.717, 1.165) is 0 Å². The maximum Gasteiger partial charge on any atom is 1.00 e. The fraction of sp³-hybridized carbons (Fsp3) is 0.667. The molecule has 0 saturated carbocycles. The molecule has 0 N–H and O–H groups in total. The summed E-state index contributed by atoms with van der Waals surface area (Å²) in [6.45, 7) is 4.00. The van der Waals surface area contributed by atoms with E-state index in [1.165, 1.54) is 0 Å². The van der Waals surface area contributed by atoms with Crippen molar-refractivity contribution in [1.29, 1.82) is 0 Å². The van der Waals surface area contributed by atoms with Crippen LogP contribution in [0.1, 0.15) is 13.8 Å². The Labute approximate surface area is 51.9 Å². The summed E-state index contributed by atoms with van der Waals surface area (Å²) in [6.07, 6.45) is 2.00. The summed E-state index contributed by atoms with van der Waals surface area (Å²) in [6, 6.07) is 0. The first-order valence-electron chi connectivity index (χ1n) is 1.15. The standard InChI is InChI=1S/C3H7.ClH.Li/c1-3-2;;/h3H,1-2H3;1H;/q-1;;+1/p-1. The van der Waals surface area contributed by atoms with Gasteiger partial charge < -0.3 is 18.8 Å². The van der Waals surface area contributed by atoms with Crippen LogP contribution in [-0.2, 0) is 0 Å². The maximum atomic E-state index is 2.00. The Hall–Kier alpha value is 0.887. The SMILES string of the molecule is C[CH-]C.[Cl-].[Li+]. The van der Waals surface area contributed by atoms with Crippen LogP contribution in [0.4, 0.5) is 0 Å². The van der Waals surface area contributed by atoms with E-state index in [-0.39, 0.29) is 31.3 Å². The molecule has 0 aliphatic carbocycles. The molecule has 0 bridgehead atoms. The van der Waals surface area contributed by atoms with Crippen molar-refractivity contribution in [2.24, 2.45) is 0 Å². The molecule has 0 fully saturated rings. The average molecular weight is 85.5 g/mol. The van der Waals surface area contributed by atoms with Crippen LogP contribution in [0, 0.1) is 6.42 Å². The third kappa shape index (κ3) is 51.7. The Morgan fingerprint density at radius 1 is 1.20 bits per heavy atom. The van der Waals surface area contributed by atoms with Gasteiger partial charge in [-0.1, -0.05) is 0 Å². The normalized spacial score (nSPS) is 3.60. The Morgan fingerprint density at radius 3 is 1.20 bits per heavy atom. The van der Waals surface area contributed by atoms with Gasteiger partial charge in [-0.15, -0.1) is 0 Å². The van der Waals surface area contributed by atoms with Crippen LogP contribution in [0.3, 0.4) is 0 Å². The molecule has 5 heavy (non-hydrogen) atoms. The zero-order valence-corrected chi connectivity index (χ0v) is 4.71. The second-order valence-corrected chi connectivity index (χ2v) is 0.577.